The zero-order chi connectivity index (χ0) is 22.2. The van der Waals surface area contributed by atoms with Crippen LogP contribution < -0.4 is 0 Å². The van der Waals surface area contributed by atoms with Crippen molar-refractivity contribution in [2.24, 2.45) is 0 Å². The van der Waals surface area contributed by atoms with Crippen LogP contribution in [0.5, 0.6) is 0 Å². The SMILES string of the molecule is O=C(O[Se](=O)OC(=O)[C@H](O)[C@@H](O)[C@H](O)[C@H](O)CO)[C@H](O)[C@@H](O)[C@H](O)[C@H](O)CO. The molecule has 0 amide bonds. The molecule has 166 valence electrons. The first-order chi connectivity index (χ1) is 12.9. The van der Waals surface area contributed by atoms with Crippen molar-refractivity contribution >= 4 is 26.4 Å². The summed E-state index contributed by atoms with van der Waals surface area (Å²) in [5, 5.41) is 91.8. The molecule has 16 heteroatoms. The molecule has 0 radical (unpaired) electrons. The Hall–Kier alpha value is -1.14. The van der Waals surface area contributed by atoms with Gasteiger partial charge in [-0.1, -0.05) is 0 Å². The van der Waals surface area contributed by atoms with Gasteiger partial charge in [-0.2, -0.15) is 0 Å². The third-order valence-corrected chi connectivity index (χ3v) is 4.55. The van der Waals surface area contributed by atoms with Gasteiger partial charge in [0.15, 0.2) is 0 Å². The molecule has 0 saturated heterocycles. The minimum atomic E-state index is -4.37. The van der Waals surface area contributed by atoms with Crippen LogP contribution in [0.3, 0.4) is 0 Å². The van der Waals surface area contributed by atoms with Crippen LogP contribution in [0.4, 0.5) is 0 Å². The molecule has 0 saturated carbocycles. The van der Waals surface area contributed by atoms with E-state index in [1.807, 2.05) is 0 Å². The van der Waals surface area contributed by atoms with Gasteiger partial charge in [0.1, 0.15) is 0 Å². The van der Waals surface area contributed by atoms with Crippen molar-refractivity contribution in [2.45, 2.75) is 48.8 Å². The van der Waals surface area contributed by atoms with Crippen molar-refractivity contribution in [2.75, 3.05) is 13.2 Å². The maximum atomic E-state index is 11.5. The molecule has 15 nitrogen and oxygen atoms in total. The Morgan fingerprint density at radius 1 is 0.643 bits per heavy atom. The molecular weight excluding hydrogens is 463 g/mol. The molecule has 0 aromatic rings. The van der Waals surface area contributed by atoms with Gasteiger partial charge in [-0.3, -0.25) is 0 Å². The van der Waals surface area contributed by atoms with Crippen molar-refractivity contribution in [3.63, 3.8) is 0 Å². The fraction of sp³-hybridized carbons (Fsp3) is 0.833. The summed E-state index contributed by atoms with van der Waals surface area (Å²) in [6.45, 7) is -2.07. The Morgan fingerprint density at radius 3 is 1.18 bits per heavy atom. The standard InChI is InChI=1S/C12H22O15Se/c13-1-3(15)5(17)7(19)9(21)11(23)26-28(25)27-12(24)10(22)8(20)6(18)4(16)2-14/h3-10,13-22H,1-2H2/t3-,4-,5-,6-,7+,8+,9-,10-/m1/s1. The number of hydrogen-bond acceptors (Lipinski definition) is 15. The van der Waals surface area contributed by atoms with E-state index in [2.05, 4.69) is 7.64 Å². The van der Waals surface area contributed by atoms with Crippen LogP contribution in [0, 0.1) is 0 Å². The van der Waals surface area contributed by atoms with Crippen molar-refractivity contribution in [3.05, 3.63) is 0 Å². The fourth-order valence-electron chi connectivity index (χ4n) is 1.57. The topological polar surface area (TPSA) is 272 Å². The summed E-state index contributed by atoms with van der Waals surface area (Å²) >= 11 is -4.37. The van der Waals surface area contributed by atoms with Gasteiger partial charge in [-0.05, 0) is 0 Å². The van der Waals surface area contributed by atoms with E-state index in [0.717, 1.165) is 0 Å². The number of aliphatic hydroxyl groups excluding tert-OH is 10. The van der Waals surface area contributed by atoms with Gasteiger partial charge in [0.05, 0.1) is 0 Å². The van der Waals surface area contributed by atoms with Gasteiger partial charge < -0.3 is 0 Å². The molecule has 0 spiro atoms. The van der Waals surface area contributed by atoms with Crippen LogP contribution in [0.1, 0.15) is 0 Å². The molecule has 0 fully saturated rings. The molecular formula is C12H22O15Se. The molecule has 0 heterocycles. The van der Waals surface area contributed by atoms with Gasteiger partial charge in [-0.25, -0.2) is 0 Å². The van der Waals surface area contributed by atoms with Crippen molar-refractivity contribution < 1.29 is 72.1 Å². The summed E-state index contributed by atoms with van der Waals surface area (Å²) in [6.07, 6.45) is -18.2. The second-order valence-electron chi connectivity index (χ2n) is 5.36. The van der Waals surface area contributed by atoms with E-state index in [-0.39, 0.29) is 0 Å². The van der Waals surface area contributed by atoms with E-state index in [1.165, 1.54) is 0 Å². The summed E-state index contributed by atoms with van der Waals surface area (Å²) in [7, 11) is 0. The van der Waals surface area contributed by atoms with Crippen LogP contribution in [0.15, 0.2) is 0 Å². The molecule has 0 aromatic carbocycles. The maximum absolute atomic E-state index is 11.5. The van der Waals surface area contributed by atoms with Gasteiger partial charge in [0, 0.05) is 0 Å². The summed E-state index contributed by atoms with van der Waals surface area (Å²) < 4.78 is 19.5. The Morgan fingerprint density at radius 2 is 0.929 bits per heavy atom. The molecule has 0 aliphatic heterocycles. The van der Waals surface area contributed by atoms with Crippen molar-refractivity contribution in [1.82, 2.24) is 0 Å². The molecule has 0 aliphatic rings. The molecule has 0 rings (SSSR count). The second kappa shape index (κ2) is 12.4. The third kappa shape index (κ3) is 7.70. The van der Waals surface area contributed by atoms with E-state index in [4.69, 9.17) is 20.4 Å². The monoisotopic (exact) mass is 486 g/mol. The fourth-order valence-corrected chi connectivity index (χ4v) is 2.62. The van der Waals surface area contributed by atoms with Gasteiger partial charge in [0.25, 0.3) is 0 Å². The van der Waals surface area contributed by atoms with Gasteiger partial charge >= 0.3 is 161 Å². The average molecular weight is 485 g/mol. The van der Waals surface area contributed by atoms with Crippen LogP contribution in [-0.4, -0.2) is 140 Å². The van der Waals surface area contributed by atoms with E-state index in [1.54, 1.807) is 0 Å². The molecule has 0 aromatic heterocycles. The predicted octanol–water partition coefficient (Wildman–Crippen LogP) is -7.64. The molecule has 10 N–H and O–H groups in total. The number of hydrogen-bond donors (Lipinski definition) is 10. The van der Waals surface area contributed by atoms with Gasteiger partial charge in [-0.15, -0.1) is 0 Å². The zero-order valence-corrected chi connectivity index (χ0v) is 15.7. The zero-order valence-electron chi connectivity index (χ0n) is 14.0. The first kappa shape index (κ1) is 26.9. The molecule has 0 unspecified atom stereocenters. The first-order valence-corrected chi connectivity index (χ1v) is 9.51. The van der Waals surface area contributed by atoms with Crippen LogP contribution in [-0.2, 0) is 21.1 Å². The van der Waals surface area contributed by atoms with E-state index < -0.39 is 88.5 Å². The minimum absolute atomic E-state index is 1.04. The Balaban J connectivity index is 4.74. The number of rotatable bonds is 12. The van der Waals surface area contributed by atoms with Crippen molar-refractivity contribution in [3.8, 4) is 0 Å². The molecule has 0 aliphatic carbocycles. The van der Waals surface area contributed by atoms with Crippen molar-refractivity contribution in [1.29, 1.82) is 0 Å². The number of carbonyl (C=O) groups excluding carboxylic acids is 2. The summed E-state index contributed by atoms with van der Waals surface area (Å²) in [5.41, 5.74) is 0. The van der Waals surface area contributed by atoms with Crippen LogP contribution in [0.2, 0.25) is 0 Å². The Bertz CT molecular complexity index is 485. The molecule has 8 atom stereocenters. The van der Waals surface area contributed by atoms with E-state index in [9.17, 15) is 44.1 Å². The van der Waals surface area contributed by atoms with Gasteiger partial charge in [0.2, 0.25) is 0 Å². The second-order valence-corrected chi connectivity index (χ2v) is 6.92. The van der Waals surface area contributed by atoms with Crippen LogP contribution >= 0.6 is 0 Å². The summed E-state index contributed by atoms with van der Waals surface area (Å²) in [6, 6.07) is 0. The predicted molar refractivity (Wildman–Crippen MR) is 80.9 cm³/mol. The quantitative estimate of drug-likeness (QED) is 0.115. The van der Waals surface area contributed by atoms with E-state index in [0.29, 0.717) is 0 Å². The number of carbonyl (C=O) groups is 2. The average Bonchev–Trinajstić information content (AvgIpc) is 2.68. The molecule has 0 bridgehead atoms. The summed E-state index contributed by atoms with van der Waals surface area (Å²) in [4.78, 5) is 22.9. The normalized spacial score (nSPS) is 20.4. The van der Waals surface area contributed by atoms with Crippen LogP contribution in [0.25, 0.3) is 0 Å². The first-order valence-electron chi connectivity index (χ1n) is 7.41. The third-order valence-electron chi connectivity index (χ3n) is 3.29. The molecule has 28 heavy (non-hydrogen) atoms. The Labute approximate surface area is 161 Å². The number of aliphatic hydroxyl groups is 10. The summed E-state index contributed by atoms with van der Waals surface area (Å²) in [5.74, 6) is -3.73. The van der Waals surface area contributed by atoms with E-state index >= 15 is 0 Å². The Kier molecular flexibility index (Phi) is 11.9.